The quantitative estimate of drug-likeness (QED) is 0.616. The predicted octanol–water partition coefficient (Wildman–Crippen LogP) is 3.05. The lowest BCUT2D eigenvalue weighted by Gasteiger charge is -2.26. The number of fused-ring (bicyclic) bond motifs is 1. The summed E-state index contributed by atoms with van der Waals surface area (Å²) in [6.45, 7) is 2.85. The first kappa shape index (κ1) is 11.2. The Morgan fingerprint density at radius 3 is 2.89 bits per heavy atom. The van der Waals surface area contributed by atoms with Crippen molar-refractivity contribution in [3.8, 4) is 0 Å². The summed E-state index contributed by atoms with van der Waals surface area (Å²) in [5, 5.41) is 11.0. The monoisotopic (exact) mass is 245 g/mol. The molecule has 0 atom stereocenters. The molecule has 0 saturated heterocycles. The van der Waals surface area contributed by atoms with Gasteiger partial charge in [0.1, 0.15) is 5.82 Å². The van der Waals surface area contributed by atoms with Crippen molar-refractivity contribution in [2.24, 2.45) is 5.92 Å². The van der Waals surface area contributed by atoms with Gasteiger partial charge in [-0.15, -0.1) is 0 Å². The van der Waals surface area contributed by atoms with Gasteiger partial charge in [-0.1, -0.05) is 12.5 Å². The molecule has 1 fully saturated rings. The summed E-state index contributed by atoms with van der Waals surface area (Å²) in [6, 6.07) is 5.17. The molecule has 5 nitrogen and oxygen atoms in total. The van der Waals surface area contributed by atoms with Crippen LogP contribution in [0.2, 0.25) is 0 Å². The van der Waals surface area contributed by atoms with E-state index in [1.807, 2.05) is 13.0 Å². The summed E-state index contributed by atoms with van der Waals surface area (Å²) in [6.07, 6.45) is 3.82. The number of para-hydroxylation sites is 1. The van der Waals surface area contributed by atoms with Crippen LogP contribution >= 0.6 is 0 Å². The molecule has 18 heavy (non-hydrogen) atoms. The molecular formula is C13H15N3O2. The second-order valence-electron chi connectivity index (χ2n) is 4.97. The third-order valence-electron chi connectivity index (χ3n) is 3.81. The van der Waals surface area contributed by atoms with Crippen molar-refractivity contribution in [1.29, 1.82) is 0 Å². The molecule has 1 aliphatic carbocycles. The Bertz CT molecular complexity index is 614. The zero-order valence-electron chi connectivity index (χ0n) is 10.3. The number of hydrogen-bond acceptors (Lipinski definition) is 3. The molecule has 1 aromatic carbocycles. The SMILES string of the molecule is Cc1nc2c([N+](=O)[O-])cccc2n1CC1CCC1. The standard InChI is InChI=1S/C13H15N3O2/c1-9-14-13-11(6-3-7-12(13)16(17)18)15(9)8-10-4-2-5-10/h3,6-7,10H,2,4-5,8H2,1H3. The van der Waals surface area contributed by atoms with Gasteiger partial charge < -0.3 is 4.57 Å². The Balaban J connectivity index is 2.11. The molecule has 1 heterocycles. The first-order valence-corrected chi connectivity index (χ1v) is 6.27. The van der Waals surface area contributed by atoms with E-state index in [-0.39, 0.29) is 10.6 Å². The van der Waals surface area contributed by atoms with E-state index < -0.39 is 0 Å². The number of aryl methyl sites for hydroxylation is 1. The van der Waals surface area contributed by atoms with E-state index in [4.69, 9.17) is 0 Å². The highest BCUT2D eigenvalue weighted by Gasteiger charge is 2.22. The van der Waals surface area contributed by atoms with Crippen LogP contribution < -0.4 is 0 Å². The molecule has 3 rings (SSSR count). The smallest absolute Gasteiger partial charge is 0.297 e. The van der Waals surface area contributed by atoms with Gasteiger partial charge in [0.15, 0.2) is 5.52 Å². The van der Waals surface area contributed by atoms with Crippen molar-refractivity contribution in [3.05, 3.63) is 34.1 Å². The Hall–Kier alpha value is -1.91. The van der Waals surface area contributed by atoms with Gasteiger partial charge in [-0.25, -0.2) is 4.98 Å². The van der Waals surface area contributed by atoms with Gasteiger partial charge in [0.05, 0.1) is 10.4 Å². The Kier molecular flexibility index (Phi) is 2.54. The predicted molar refractivity (Wildman–Crippen MR) is 68.5 cm³/mol. The van der Waals surface area contributed by atoms with E-state index in [9.17, 15) is 10.1 Å². The molecule has 1 aromatic heterocycles. The van der Waals surface area contributed by atoms with Crippen molar-refractivity contribution in [2.75, 3.05) is 0 Å². The van der Waals surface area contributed by atoms with Crippen LogP contribution in [0.1, 0.15) is 25.1 Å². The summed E-state index contributed by atoms with van der Waals surface area (Å²) in [4.78, 5) is 15.0. The van der Waals surface area contributed by atoms with Crippen molar-refractivity contribution < 1.29 is 4.92 Å². The highest BCUT2D eigenvalue weighted by molar-refractivity contribution is 5.85. The van der Waals surface area contributed by atoms with Crippen molar-refractivity contribution in [1.82, 2.24) is 9.55 Å². The highest BCUT2D eigenvalue weighted by Crippen LogP contribution is 2.31. The maximum Gasteiger partial charge on any atom is 0.297 e. The van der Waals surface area contributed by atoms with Crippen molar-refractivity contribution in [2.45, 2.75) is 32.7 Å². The molecule has 94 valence electrons. The number of aromatic nitrogens is 2. The van der Waals surface area contributed by atoms with Crippen LogP contribution in [0, 0.1) is 23.0 Å². The molecule has 0 aliphatic heterocycles. The van der Waals surface area contributed by atoms with Crippen molar-refractivity contribution in [3.63, 3.8) is 0 Å². The van der Waals surface area contributed by atoms with Crippen LogP contribution in [0.3, 0.4) is 0 Å². The number of hydrogen-bond donors (Lipinski definition) is 0. The number of benzene rings is 1. The number of nitro benzene ring substituents is 1. The minimum Gasteiger partial charge on any atom is -0.328 e. The minimum atomic E-state index is -0.359. The molecular weight excluding hydrogens is 230 g/mol. The Morgan fingerprint density at radius 1 is 1.50 bits per heavy atom. The summed E-state index contributed by atoms with van der Waals surface area (Å²) < 4.78 is 2.12. The van der Waals surface area contributed by atoms with E-state index in [2.05, 4.69) is 9.55 Å². The number of nitrogens with zero attached hydrogens (tertiary/aromatic N) is 3. The van der Waals surface area contributed by atoms with Gasteiger partial charge >= 0.3 is 0 Å². The molecule has 5 heteroatoms. The highest BCUT2D eigenvalue weighted by atomic mass is 16.6. The molecule has 2 aromatic rings. The van der Waals surface area contributed by atoms with Crippen LogP contribution in [-0.4, -0.2) is 14.5 Å². The fraction of sp³-hybridized carbons (Fsp3) is 0.462. The third kappa shape index (κ3) is 1.66. The van der Waals surface area contributed by atoms with Crippen LogP contribution in [-0.2, 0) is 6.54 Å². The molecule has 1 aliphatic rings. The molecule has 0 amide bonds. The second-order valence-corrected chi connectivity index (χ2v) is 4.97. The van der Waals surface area contributed by atoms with Crippen LogP contribution in [0.25, 0.3) is 11.0 Å². The molecule has 0 bridgehead atoms. The van der Waals surface area contributed by atoms with Crippen molar-refractivity contribution >= 4 is 16.7 Å². The zero-order chi connectivity index (χ0) is 12.7. The number of non-ortho nitro benzene ring substituents is 1. The molecule has 0 unspecified atom stereocenters. The lowest BCUT2D eigenvalue weighted by molar-refractivity contribution is -0.383. The van der Waals surface area contributed by atoms with Crippen LogP contribution in [0.4, 0.5) is 5.69 Å². The van der Waals surface area contributed by atoms with E-state index >= 15 is 0 Å². The Labute approximate surface area is 105 Å². The molecule has 0 N–H and O–H groups in total. The van der Waals surface area contributed by atoms with Crippen LogP contribution in [0.15, 0.2) is 18.2 Å². The zero-order valence-corrected chi connectivity index (χ0v) is 10.3. The lowest BCUT2D eigenvalue weighted by atomic mass is 9.85. The van der Waals surface area contributed by atoms with E-state index in [1.165, 1.54) is 25.3 Å². The second kappa shape index (κ2) is 4.08. The molecule has 0 radical (unpaired) electrons. The first-order chi connectivity index (χ1) is 8.66. The van der Waals surface area contributed by atoms with E-state index in [1.54, 1.807) is 6.07 Å². The maximum absolute atomic E-state index is 11.0. The molecule has 0 spiro atoms. The van der Waals surface area contributed by atoms with Crippen LogP contribution in [0.5, 0.6) is 0 Å². The van der Waals surface area contributed by atoms with Gasteiger partial charge in [-0.2, -0.15) is 0 Å². The average molecular weight is 245 g/mol. The maximum atomic E-state index is 11.0. The number of imidazole rings is 1. The fourth-order valence-electron chi connectivity index (χ4n) is 2.56. The first-order valence-electron chi connectivity index (χ1n) is 6.27. The average Bonchev–Trinajstić information content (AvgIpc) is 2.59. The van der Waals surface area contributed by atoms with Gasteiger partial charge in [0.2, 0.25) is 0 Å². The van der Waals surface area contributed by atoms with Gasteiger partial charge in [0, 0.05) is 12.6 Å². The van der Waals surface area contributed by atoms with Gasteiger partial charge in [0.25, 0.3) is 5.69 Å². The lowest BCUT2D eigenvalue weighted by Crippen LogP contribution is -2.18. The summed E-state index contributed by atoms with van der Waals surface area (Å²) in [5.41, 5.74) is 1.50. The van der Waals surface area contributed by atoms with Gasteiger partial charge in [-0.05, 0) is 31.7 Å². The molecule has 1 saturated carbocycles. The minimum absolute atomic E-state index is 0.1000. The summed E-state index contributed by atoms with van der Waals surface area (Å²) >= 11 is 0. The fourth-order valence-corrected chi connectivity index (χ4v) is 2.56. The topological polar surface area (TPSA) is 61.0 Å². The number of nitro groups is 1. The third-order valence-corrected chi connectivity index (χ3v) is 3.81. The summed E-state index contributed by atoms with van der Waals surface area (Å²) in [5.74, 6) is 1.58. The normalized spacial score (nSPS) is 15.8. The summed E-state index contributed by atoms with van der Waals surface area (Å²) in [7, 11) is 0. The van der Waals surface area contributed by atoms with Gasteiger partial charge in [-0.3, -0.25) is 10.1 Å². The van der Waals surface area contributed by atoms with E-state index in [0.717, 1.165) is 17.9 Å². The largest absolute Gasteiger partial charge is 0.328 e. The number of rotatable bonds is 3. The Morgan fingerprint density at radius 2 is 2.28 bits per heavy atom. The van der Waals surface area contributed by atoms with E-state index in [0.29, 0.717) is 11.4 Å².